The Balaban J connectivity index is 1.98. The average molecular weight is 208 g/mol. The average Bonchev–Trinajstić information content (AvgIpc) is 2.82. The highest BCUT2D eigenvalue weighted by molar-refractivity contribution is 5.49. The molecular formula is C11H12O4. The maximum Gasteiger partial charge on any atom is 0.238 e. The van der Waals surface area contributed by atoms with E-state index in [2.05, 4.69) is 0 Å². The topological polar surface area (TPSA) is 36.9 Å². The highest BCUT2D eigenvalue weighted by Crippen LogP contribution is 2.42. The highest BCUT2D eigenvalue weighted by Gasteiger charge is 2.29. The van der Waals surface area contributed by atoms with Crippen molar-refractivity contribution < 1.29 is 18.9 Å². The Labute approximate surface area is 87.7 Å². The third-order valence-electron chi connectivity index (χ3n) is 2.46. The van der Waals surface area contributed by atoms with Crippen molar-refractivity contribution in [1.82, 2.24) is 0 Å². The van der Waals surface area contributed by atoms with Gasteiger partial charge in [0, 0.05) is 6.92 Å². The van der Waals surface area contributed by atoms with Gasteiger partial charge in [-0.2, -0.15) is 0 Å². The van der Waals surface area contributed by atoms with Gasteiger partial charge in [0.1, 0.15) is 0 Å². The van der Waals surface area contributed by atoms with Gasteiger partial charge in [-0.1, -0.05) is 6.07 Å². The van der Waals surface area contributed by atoms with Crippen LogP contribution >= 0.6 is 0 Å². The van der Waals surface area contributed by atoms with Crippen LogP contribution in [-0.4, -0.2) is 19.5 Å². The van der Waals surface area contributed by atoms with Gasteiger partial charge in [0.25, 0.3) is 0 Å². The molecule has 80 valence electrons. The Morgan fingerprint density at radius 3 is 2.73 bits per heavy atom. The molecule has 4 nitrogen and oxygen atoms in total. The van der Waals surface area contributed by atoms with Crippen LogP contribution in [0.2, 0.25) is 0 Å². The van der Waals surface area contributed by atoms with Crippen LogP contribution in [0.4, 0.5) is 0 Å². The Bertz CT molecular complexity index is 371. The molecule has 1 fully saturated rings. The summed E-state index contributed by atoms with van der Waals surface area (Å²) in [6.07, 6.45) is -0.545. The summed E-state index contributed by atoms with van der Waals surface area (Å²) in [7, 11) is 0. The molecular weight excluding hydrogens is 196 g/mol. The van der Waals surface area contributed by atoms with Gasteiger partial charge in [-0.15, -0.1) is 0 Å². The van der Waals surface area contributed by atoms with Crippen molar-refractivity contribution in [1.29, 1.82) is 0 Å². The second kappa shape index (κ2) is 3.40. The molecule has 1 unspecified atom stereocenters. The number of hydrogen-bond donors (Lipinski definition) is 0. The summed E-state index contributed by atoms with van der Waals surface area (Å²) in [6.45, 7) is 3.12. The molecule has 2 aliphatic heterocycles. The SMILES string of the molecule is CC1Oc2cccc(C3OCCO3)c2O1. The first-order valence-corrected chi connectivity index (χ1v) is 5.04. The zero-order valence-corrected chi connectivity index (χ0v) is 8.43. The molecule has 0 N–H and O–H groups in total. The first-order chi connectivity index (χ1) is 7.34. The number of rotatable bonds is 1. The third kappa shape index (κ3) is 1.46. The molecule has 0 bridgehead atoms. The van der Waals surface area contributed by atoms with Crippen molar-refractivity contribution in [2.45, 2.75) is 19.5 Å². The molecule has 0 amide bonds. The van der Waals surface area contributed by atoms with E-state index in [1.807, 2.05) is 25.1 Å². The maximum absolute atomic E-state index is 5.57. The molecule has 2 aliphatic rings. The quantitative estimate of drug-likeness (QED) is 0.705. The predicted molar refractivity (Wildman–Crippen MR) is 51.8 cm³/mol. The second-order valence-electron chi connectivity index (χ2n) is 3.55. The van der Waals surface area contributed by atoms with E-state index in [0.717, 1.165) is 17.1 Å². The smallest absolute Gasteiger partial charge is 0.238 e. The Morgan fingerprint density at radius 2 is 1.93 bits per heavy atom. The molecule has 0 saturated carbocycles. The normalized spacial score (nSPS) is 24.7. The largest absolute Gasteiger partial charge is 0.451 e. The molecule has 0 aliphatic carbocycles. The highest BCUT2D eigenvalue weighted by atomic mass is 16.7. The minimum absolute atomic E-state index is 0.234. The molecule has 15 heavy (non-hydrogen) atoms. The molecule has 3 rings (SSSR count). The van der Waals surface area contributed by atoms with Gasteiger partial charge in [0.15, 0.2) is 17.8 Å². The van der Waals surface area contributed by atoms with E-state index in [4.69, 9.17) is 18.9 Å². The molecule has 1 aromatic carbocycles. The standard InChI is InChI=1S/C11H12O4/c1-7-14-9-4-2-3-8(10(9)15-7)11-12-5-6-13-11/h2-4,7,11H,5-6H2,1H3. The lowest BCUT2D eigenvalue weighted by Crippen LogP contribution is -2.12. The van der Waals surface area contributed by atoms with Crippen LogP contribution in [0.3, 0.4) is 0 Å². The predicted octanol–water partition coefficient (Wildman–Crippen LogP) is 1.85. The van der Waals surface area contributed by atoms with Crippen molar-refractivity contribution >= 4 is 0 Å². The fourth-order valence-electron chi connectivity index (χ4n) is 1.84. The Morgan fingerprint density at radius 1 is 1.13 bits per heavy atom. The maximum atomic E-state index is 5.57. The van der Waals surface area contributed by atoms with Crippen LogP contribution in [0.1, 0.15) is 18.8 Å². The van der Waals surface area contributed by atoms with E-state index in [1.165, 1.54) is 0 Å². The van der Waals surface area contributed by atoms with Gasteiger partial charge in [0.05, 0.1) is 18.8 Å². The molecule has 0 radical (unpaired) electrons. The van der Waals surface area contributed by atoms with Crippen LogP contribution in [0.15, 0.2) is 18.2 Å². The van der Waals surface area contributed by atoms with Gasteiger partial charge in [-0.05, 0) is 12.1 Å². The van der Waals surface area contributed by atoms with Gasteiger partial charge in [-0.25, -0.2) is 0 Å². The second-order valence-corrected chi connectivity index (χ2v) is 3.55. The first kappa shape index (κ1) is 9.00. The van der Waals surface area contributed by atoms with E-state index in [9.17, 15) is 0 Å². The molecule has 1 saturated heterocycles. The fourth-order valence-corrected chi connectivity index (χ4v) is 1.84. The van der Waals surface area contributed by atoms with Gasteiger partial charge in [-0.3, -0.25) is 0 Å². The molecule has 4 heteroatoms. The zero-order valence-electron chi connectivity index (χ0n) is 8.43. The van der Waals surface area contributed by atoms with E-state index in [0.29, 0.717) is 13.2 Å². The Kier molecular flexibility index (Phi) is 2.04. The lowest BCUT2D eigenvalue weighted by atomic mass is 10.2. The van der Waals surface area contributed by atoms with E-state index < -0.39 is 0 Å². The van der Waals surface area contributed by atoms with E-state index in [-0.39, 0.29) is 12.6 Å². The van der Waals surface area contributed by atoms with Crippen molar-refractivity contribution in [3.8, 4) is 11.5 Å². The first-order valence-electron chi connectivity index (χ1n) is 5.04. The van der Waals surface area contributed by atoms with Crippen molar-refractivity contribution in [3.63, 3.8) is 0 Å². The lowest BCUT2D eigenvalue weighted by Gasteiger charge is -2.11. The molecule has 0 aromatic heterocycles. The summed E-state index contributed by atoms with van der Waals surface area (Å²) < 4.78 is 21.9. The van der Waals surface area contributed by atoms with Gasteiger partial charge >= 0.3 is 0 Å². The number of fused-ring (bicyclic) bond motifs is 1. The lowest BCUT2D eigenvalue weighted by molar-refractivity contribution is -0.0464. The molecule has 1 atom stereocenters. The minimum atomic E-state index is -0.311. The van der Waals surface area contributed by atoms with Crippen molar-refractivity contribution in [2.75, 3.05) is 13.2 Å². The van der Waals surface area contributed by atoms with Crippen LogP contribution in [0.25, 0.3) is 0 Å². The summed E-state index contributed by atoms with van der Waals surface area (Å²) in [5, 5.41) is 0. The van der Waals surface area contributed by atoms with E-state index in [1.54, 1.807) is 0 Å². The van der Waals surface area contributed by atoms with Crippen molar-refractivity contribution in [3.05, 3.63) is 23.8 Å². The third-order valence-corrected chi connectivity index (χ3v) is 2.46. The number of para-hydroxylation sites is 1. The van der Waals surface area contributed by atoms with Crippen LogP contribution < -0.4 is 9.47 Å². The van der Waals surface area contributed by atoms with Crippen molar-refractivity contribution in [2.24, 2.45) is 0 Å². The summed E-state index contributed by atoms with van der Waals surface area (Å²) >= 11 is 0. The van der Waals surface area contributed by atoms with Gasteiger partial charge in [0.2, 0.25) is 6.29 Å². The molecule has 2 heterocycles. The summed E-state index contributed by atoms with van der Waals surface area (Å²) in [5.41, 5.74) is 0.911. The van der Waals surface area contributed by atoms with Crippen LogP contribution in [0.5, 0.6) is 11.5 Å². The van der Waals surface area contributed by atoms with Crippen LogP contribution in [-0.2, 0) is 9.47 Å². The number of benzene rings is 1. The van der Waals surface area contributed by atoms with Crippen LogP contribution in [0, 0.1) is 0 Å². The monoisotopic (exact) mass is 208 g/mol. The summed E-state index contributed by atoms with van der Waals surface area (Å²) in [6, 6.07) is 5.74. The summed E-state index contributed by atoms with van der Waals surface area (Å²) in [5.74, 6) is 1.51. The minimum Gasteiger partial charge on any atom is -0.451 e. The fraction of sp³-hybridized carbons (Fsp3) is 0.455. The zero-order chi connectivity index (χ0) is 10.3. The summed E-state index contributed by atoms with van der Waals surface area (Å²) in [4.78, 5) is 0. The van der Waals surface area contributed by atoms with Gasteiger partial charge < -0.3 is 18.9 Å². The number of hydrogen-bond acceptors (Lipinski definition) is 4. The number of ether oxygens (including phenoxy) is 4. The molecule has 0 spiro atoms. The molecule has 1 aromatic rings. The Hall–Kier alpha value is -1.26. The van der Waals surface area contributed by atoms with E-state index >= 15 is 0 Å².